The molecular weight excluding hydrogens is 376 g/mol. The summed E-state index contributed by atoms with van der Waals surface area (Å²) in [6.07, 6.45) is 16.7. The highest BCUT2D eigenvalue weighted by atomic mass is 16.3. The highest BCUT2D eigenvalue weighted by Gasteiger charge is 2.65. The molecule has 0 aliphatic heterocycles. The number of aliphatic hydroxyl groups is 1. The van der Waals surface area contributed by atoms with Crippen molar-refractivity contribution in [1.82, 2.24) is 0 Å². The van der Waals surface area contributed by atoms with Crippen molar-refractivity contribution >= 4 is 0 Å². The van der Waals surface area contributed by atoms with Gasteiger partial charge in [-0.1, -0.05) is 78.7 Å². The van der Waals surface area contributed by atoms with Crippen molar-refractivity contribution in [2.24, 2.45) is 44.3 Å². The second kappa shape index (κ2) is 6.31. The van der Waals surface area contributed by atoms with E-state index in [1.54, 1.807) is 11.1 Å². The van der Waals surface area contributed by atoms with E-state index in [1.807, 2.05) is 0 Å². The summed E-state index contributed by atoms with van der Waals surface area (Å²) < 4.78 is 0. The molecule has 0 amide bonds. The van der Waals surface area contributed by atoms with Crippen LogP contribution in [-0.4, -0.2) is 11.2 Å². The molecule has 5 aliphatic rings. The normalized spacial score (nSPS) is 52.6. The molecule has 0 heterocycles. The zero-order chi connectivity index (χ0) is 22.7. The summed E-state index contributed by atoms with van der Waals surface area (Å²) in [6.45, 7) is 20.2. The van der Waals surface area contributed by atoms with Gasteiger partial charge in [-0.2, -0.15) is 0 Å². The zero-order valence-electron chi connectivity index (χ0n) is 21.7. The monoisotopic (exact) mass is 424 g/mol. The van der Waals surface area contributed by atoms with E-state index in [0.29, 0.717) is 22.2 Å². The molecule has 0 saturated heterocycles. The molecule has 31 heavy (non-hydrogen) atoms. The van der Waals surface area contributed by atoms with Gasteiger partial charge in [-0.25, -0.2) is 0 Å². The van der Waals surface area contributed by atoms with Crippen LogP contribution in [-0.2, 0) is 0 Å². The molecule has 0 bridgehead atoms. The predicted octanol–water partition coefficient (Wildman–Crippen LogP) is 8.09. The van der Waals surface area contributed by atoms with Crippen LogP contribution in [0.2, 0.25) is 0 Å². The van der Waals surface area contributed by atoms with Crippen LogP contribution in [0, 0.1) is 44.3 Å². The summed E-state index contributed by atoms with van der Waals surface area (Å²) in [5.41, 5.74) is 5.32. The molecule has 4 saturated carbocycles. The Kier molecular flexibility index (Phi) is 4.53. The lowest BCUT2D eigenvalue weighted by Crippen LogP contribution is -2.60. The van der Waals surface area contributed by atoms with E-state index in [-0.39, 0.29) is 22.3 Å². The fourth-order valence-electron chi connectivity index (χ4n) is 9.81. The lowest BCUT2D eigenvalue weighted by atomic mass is 9.36. The van der Waals surface area contributed by atoms with Crippen LogP contribution in [0.15, 0.2) is 23.3 Å². The minimum atomic E-state index is -0.152. The first-order valence-corrected chi connectivity index (χ1v) is 13.3. The standard InChI is InChI=1S/C30H48O/c1-25(2)15-16-27(5)17-18-29(7)20(21(27)19-25)9-10-23-28(6)13-12-24(31)26(3,4)22(28)11-14-30(23,29)8/h9-10,21-22,24,31H,11-19H2,1-8H3. The maximum absolute atomic E-state index is 10.9. The Morgan fingerprint density at radius 1 is 0.742 bits per heavy atom. The lowest BCUT2D eigenvalue weighted by Gasteiger charge is -2.68. The maximum atomic E-state index is 10.9. The molecule has 7 unspecified atom stereocenters. The number of aliphatic hydroxyl groups excluding tert-OH is 1. The first-order chi connectivity index (χ1) is 14.2. The van der Waals surface area contributed by atoms with E-state index in [9.17, 15) is 5.11 Å². The molecule has 0 aromatic heterocycles. The minimum absolute atomic E-state index is 0.0125. The Bertz CT molecular complexity index is 844. The van der Waals surface area contributed by atoms with Crippen LogP contribution in [0.3, 0.4) is 0 Å². The van der Waals surface area contributed by atoms with Gasteiger partial charge in [0.15, 0.2) is 0 Å². The summed E-state index contributed by atoms with van der Waals surface area (Å²) in [7, 11) is 0. The third-order valence-corrected chi connectivity index (χ3v) is 12.4. The van der Waals surface area contributed by atoms with Gasteiger partial charge in [0.1, 0.15) is 0 Å². The largest absolute Gasteiger partial charge is 0.393 e. The van der Waals surface area contributed by atoms with Crippen molar-refractivity contribution in [3.05, 3.63) is 23.3 Å². The van der Waals surface area contributed by atoms with Crippen molar-refractivity contribution in [1.29, 1.82) is 0 Å². The molecule has 1 heteroatoms. The highest BCUT2D eigenvalue weighted by Crippen LogP contribution is 2.74. The highest BCUT2D eigenvalue weighted by molar-refractivity contribution is 5.45. The van der Waals surface area contributed by atoms with Gasteiger partial charge >= 0.3 is 0 Å². The quantitative estimate of drug-likeness (QED) is 0.416. The van der Waals surface area contributed by atoms with Crippen LogP contribution in [0.1, 0.15) is 113 Å². The Balaban J connectivity index is 1.63. The van der Waals surface area contributed by atoms with E-state index in [0.717, 1.165) is 18.8 Å². The van der Waals surface area contributed by atoms with Crippen molar-refractivity contribution in [2.75, 3.05) is 0 Å². The molecular formula is C30H48O. The van der Waals surface area contributed by atoms with Crippen molar-refractivity contribution in [2.45, 2.75) is 119 Å². The lowest BCUT2D eigenvalue weighted by molar-refractivity contribution is -0.125. The fourth-order valence-corrected chi connectivity index (χ4v) is 9.81. The van der Waals surface area contributed by atoms with Crippen LogP contribution in [0.5, 0.6) is 0 Å². The summed E-state index contributed by atoms with van der Waals surface area (Å²) in [5.74, 6) is 1.34. The molecule has 1 N–H and O–H groups in total. The number of hydrogen-bond donors (Lipinski definition) is 1. The van der Waals surface area contributed by atoms with E-state index < -0.39 is 0 Å². The fraction of sp³-hybridized carbons (Fsp3) is 0.867. The molecule has 0 spiro atoms. The van der Waals surface area contributed by atoms with Crippen LogP contribution < -0.4 is 0 Å². The number of allylic oxidation sites excluding steroid dienone is 4. The topological polar surface area (TPSA) is 20.2 Å². The second-order valence-corrected chi connectivity index (χ2v) is 14.8. The van der Waals surface area contributed by atoms with E-state index in [1.165, 1.54) is 44.9 Å². The molecule has 5 rings (SSSR count). The molecule has 5 aliphatic carbocycles. The molecule has 0 aromatic rings. The SMILES string of the molecule is CC1(C)CCC2(C)CCC3(C)C(=CC=C4C5(C)CCC(O)C(C)(C)C5CCC43C)C2C1. The Morgan fingerprint density at radius 2 is 1.42 bits per heavy atom. The number of hydrogen-bond acceptors (Lipinski definition) is 1. The van der Waals surface area contributed by atoms with Gasteiger partial charge in [-0.15, -0.1) is 0 Å². The van der Waals surface area contributed by atoms with Gasteiger partial charge in [0.2, 0.25) is 0 Å². The summed E-state index contributed by atoms with van der Waals surface area (Å²) in [4.78, 5) is 0. The van der Waals surface area contributed by atoms with E-state index in [4.69, 9.17) is 0 Å². The van der Waals surface area contributed by atoms with Crippen molar-refractivity contribution < 1.29 is 5.11 Å². The Morgan fingerprint density at radius 3 is 2.13 bits per heavy atom. The van der Waals surface area contributed by atoms with Gasteiger partial charge in [0.05, 0.1) is 6.10 Å². The van der Waals surface area contributed by atoms with Gasteiger partial charge in [0.25, 0.3) is 0 Å². The van der Waals surface area contributed by atoms with Crippen LogP contribution in [0.4, 0.5) is 0 Å². The molecule has 1 nitrogen and oxygen atoms in total. The first-order valence-electron chi connectivity index (χ1n) is 13.3. The molecule has 174 valence electrons. The predicted molar refractivity (Wildman–Crippen MR) is 131 cm³/mol. The van der Waals surface area contributed by atoms with E-state index in [2.05, 4.69) is 67.5 Å². The first kappa shape index (κ1) is 22.2. The Hall–Kier alpha value is -0.560. The zero-order valence-corrected chi connectivity index (χ0v) is 21.7. The summed E-state index contributed by atoms with van der Waals surface area (Å²) >= 11 is 0. The minimum Gasteiger partial charge on any atom is -0.393 e. The Labute approximate surface area is 192 Å². The van der Waals surface area contributed by atoms with Gasteiger partial charge in [-0.3, -0.25) is 0 Å². The molecule has 0 aromatic carbocycles. The number of fused-ring (bicyclic) bond motifs is 7. The van der Waals surface area contributed by atoms with Crippen molar-refractivity contribution in [3.8, 4) is 0 Å². The van der Waals surface area contributed by atoms with Gasteiger partial charge in [-0.05, 0) is 102 Å². The molecule has 0 radical (unpaired) electrons. The van der Waals surface area contributed by atoms with Crippen LogP contribution in [0.25, 0.3) is 0 Å². The maximum Gasteiger partial charge on any atom is 0.0594 e. The summed E-state index contributed by atoms with van der Waals surface area (Å²) in [5, 5.41) is 10.9. The second-order valence-electron chi connectivity index (χ2n) is 14.8. The van der Waals surface area contributed by atoms with Crippen LogP contribution >= 0.6 is 0 Å². The van der Waals surface area contributed by atoms with E-state index >= 15 is 0 Å². The summed E-state index contributed by atoms with van der Waals surface area (Å²) in [6, 6.07) is 0. The van der Waals surface area contributed by atoms with Gasteiger partial charge < -0.3 is 5.11 Å². The smallest absolute Gasteiger partial charge is 0.0594 e. The number of rotatable bonds is 0. The van der Waals surface area contributed by atoms with Crippen molar-refractivity contribution in [3.63, 3.8) is 0 Å². The molecule has 4 fully saturated rings. The third-order valence-electron chi connectivity index (χ3n) is 12.4. The average molecular weight is 425 g/mol. The molecule has 7 atom stereocenters. The average Bonchev–Trinajstić information content (AvgIpc) is 2.67. The van der Waals surface area contributed by atoms with Gasteiger partial charge in [0, 0.05) is 0 Å². The third kappa shape index (κ3) is 2.71.